The number of anilines is 1. The van der Waals surface area contributed by atoms with Crippen LogP contribution in [0, 0.1) is 0 Å². The molecule has 3 aromatic rings. The third-order valence-electron chi connectivity index (χ3n) is 3.45. The van der Waals surface area contributed by atoms with E-state index in [0.29, 0.717) is 0 Å². The van der Waals surface area contributed by atoms with E-state index in [1.807, 2.05) is 42.2 Å². The van der Waals surface area contributed by atoms with Crippen molar-refractivity contribution < 1.29 is 0 Å². The number of thioether (sulfide) groups is 1. The fourth-order valence-electron chi connectivity index (χ4n) is 2.38. The third-order valence-corrected chi connectivity index (χ3v) is 4.23. The smallest absolute Gasteiger partial charge is 0.146 e. The molecule has 0 aliphatic carbocycles. The van der Waals surface area contributed by atoms with Crippen LogP contribution in [0.1, 0.15) is 24.4 Å². The summed E-state index contributed by atoms with van der Waals surface area (Å²) in [6, 6.07) is 10.2. The Labute approximate surface area is 140 Å². The molecule has 0 saturated carbocycles. The topological polar surface area (TPSA) is 55.6 Å². The van der Waals surface area contributed by atoms with E-state index < -0.39 is 0 Å². The van der Waals surface area contributed by atoms with Crippen molar-refractivity contribution in [1.29, 1.82) is 0 Å². The van der Waals surface area contributed by atoms with Crippen LogP contribution in [-0.4, -0.2) is 25.3 Å². The van der Waals surface area contributed by atoms with Gasteiger partial charge in [-0.3, -0.25) is 4.98 Å². The Bertz CT molecular complexity index is 756. The molecule has 23 heavy (non-hydrogen) atoms. The van der Waals surface area contributed by atoms with Gasteiger partial charge in [0.1, 0.15) is 22.7 Å². The van der Waals surface area contributed by atoms with Gasteiger partial charge < -0.3 is 9.88 Å². The van der Waals surface area contributed by atoms with E-state index in [9.17, 15) is 0 Å². The van der Waals surface area contributed by atoms with Gasteiger partial charge in [0.05, 0.1) is 12.4 Å². The normalized spacial score (nSPS) is 12.1. The monoisotopic (exact) mass is 325 g/mol. The lowest BCUT2D eigenvalue weighted by Crippen LogP contribution is -2.17. The number of nitrogens with zero attached hydrogens (tertiary/aromatic N) is 4. The fraction of sp³-hybridized carbons (Fsp3) is 0.235. The summed E-state index contributed by atoms with van der Waals surface area (Å²) in [5.41, 5.74) is 1.14. The summed E-state index contributed by atoms with van der Waals surface area (Å²) in [6.45, 7) is 2.10. The zero-order chi connectivity index (χ0) is 16.1. The lowest BCUT2D eigenvalue weighted by molar-refractivity contribution is 0.743. The summed E-state index contributed by atoms with van der Waals surface area (Å²) in [4.78, 5) is 13.4. The van der Waals surface area contributed by atoms with Crippen molar-refractivity contribution in [2.75, 3.05) is 11.1 Å². The highest BCUT2D eigenvalue weighted by molar-refractivity contribution is 7.99. The van der Waals surface area contributed by atoms with Gasteiger partial charge >= 0.3 is 0 Å². The van der Waals surface area contributed by atoms with Crippen LogP contribution in [0.15, 0.2) is 60.1 Å². The van der Waals surface area contributed by atoms with Crippen LogP contribution in [0.2, 0.25) is 0 Å². The van der Waals surface area contributed by atoms with Crippen molar-refractivity contribution >= 4 is 17.6 Å². The van der Waals surface area contributed by atoms with E-state index in [1.54, 1.807) is 24.2 Å². The molecular weight excluding hydrogens is 306 g/mol. The number of nitrogens with one attached hydrogen (secondary N) is 1. The third kappa shape index (κ3) is 3.71. The van der Waals surface area contributed by atoms with Crippen LogP contribution in [0.25, 0.3) is 0 Å². The molecule has 3 rings (SSSR count). The van der Waals surface area contributed by atoms with Gasteiger partial charge in [-0.1, -0.05) is 37.3 Å². The van der Waals surface area contributed by atoms with Crippen molar-refractivity contribution in [1.82, 2.24) is 19.5 Å². The molecule has 2 aromatic heterocycles. The number of imidazole rings is 1. The van der Waals surface area contributed by atoms with Crippen LogP contribution >= 0.6 is 11.8 Å². The lowest BCUT2D eigenvalue weighted by atomic mass is 10.1. The van der Waals surface area contributed by atoms with E-state index in [1.165, 1.54) is 0 Å². The summed E-state index contributed by atoms with van der Waals surface area (Å²) >= 11 is 1.68. The number of aromatic nitrogens is 4. The number of hydrogen-bond acceptors (Lipinski definition) is 5. The van der Waals surface area contributed by atoms with Gasteiger partial charge in [-0.05, 0) is 11.3 Å². The molecule has 118 valence electrons. The molecule has 0 aliphatic rings. The molecule has 1 N–H and O–H groups in total. The van der Waals surface area contributed by atoms with Crippen molar-refractivity contribution in [2.45, 2.75) is 18.0 Å². The molecule has 2 heterocycles. The SMILES string of the molecule is CCSc1cncc(N[C@@H](c2ccccc2)c2nccn2C)n1. The lowest BCUT2D eigenvalue weighted by Gasteiger charge is -2.19. The summed E-state index contributed by atoms with van der Waals surface area (Å²) < 4.78 is 2.02. The van der Waals surface area contributed by atoms with Gasteiger partial charge in [-0.25, -0.2) is 9.97 Å². The summed E-state index contributed by atoms with van der Waals surface area (Å²) in [5.74, 6) is 2.66. The van der Waals surface area contributed by atoms with Gasteiger partial charge in [0.25, 0.3) is 0 Å². The highest BCUT2D eigenvalue weighted by Crippen LogP contribution is 2.25. The summed E-state index contributed by atoms with van der Waals surface area (Å²) in [7, 11) is 2.00. The minimum absolute atomic E-state index is 0.0765. The Balaban J connectivity index is 1.94. The first-order valence-corrected chi connectivity index (χ1v) is 8.50. The minimum atomic E-state index is -0.0765. The van der Waals surface area contributed by atoms with Crippen molar-refractivity contribution in [3.63, 3.8) is 0 Å². The maximum absolute atomic E-state index is 4.62. The minimum Gasteiger partial charge on any atom is -0.355 e. The van der Waals surface area contributed by atoms with Gasteiger partial charge in [0.2, 0.25) is 0 Å². The highest BCUT2D eigenvalue weighted by atomic mass is 32.2. The quantitative estimate of drug-likeness (QED) is 0.703. The second kappa shape index (κ2) is 7.28. The Hall–Kier alpha value is -2.34. The van der Waals surface area contributed by atoms with Crippen LogP contribution < -0.4 is 5.32 Å². The molecule has 0 unspecified atom stereocenters. The average Bonchev–Trinajstić information content (AvgIpc) is 3.00. The number of hydrogen-bond donors (Lipinski definition) is 1. The summed E-state index contributed by atoms with van der Waals surface area (Å²) in [6.07, 6.45) is 7.29. The molecule has 0 amide bonds. The zero-order valence-electron chi connectivity index (χ0n) is 13.2. The molecule has 6 heteroatoms. The molecule has 1 atom stereocenters. The van der Waals surface area contributed by atoms with E-state index in [4.69, 9.17) is 0 Å². The first kappa shape index (κ1) is 15.6. The van der Waals surface area contributed by atoms with Crippen molar-refractivity contribution in [2.24, 2.45) is 7.05 Å². The molecule has 0 fully saturated rings. The van der Waals surface area contributed by atoms with Gasteiger partial charge in [-0.15, -0.1) is 11.8 Å². The molecule has 0 bridgehead atoms. The predicted molar refractivity (Wildman–Crippen MR) is 93.5 cm³/mol. The zero-order valence-corrected chi connectivity index (χ0v) is 14.0. The molecule has 0 spiro atoms. The van der Waals surface area contributed by atoms with Crippen LogP contribution in [0.5, 0.6) is 0 Å². The standard InChI is InChI=1S/C17H19N5S/c1-3-23-15-12-18-11-14(20-15)21-16(13-7-5-4-6-8-13)17-19-9-10-22(17)2/h4-12,16H,3H2,1-2H3,(H,20,21)/t16-/m0/s1. The first-order chi connectivity index (χ1) is 11.3. The fourth-order valence-corrected chi connectivity index (χ4v) is 2.97. The van der Waals surface area contributed by atoms with E-state index in [0.717, 1.165) is 28.0 Å². The second-order valence-electron chi connectivity index (χ2n) is 5.06. The maximum atomic E-state index is 4.62. The molecule has 0 saturated heterocycles. The first-order valence-electron chi connectivity index (χ1n) is 7.51. The van der Waals surface area contributed by atoms with Crippen LogP contribution in [-0.2, 0) is 7.05 Å². The number of aryl methyl sites for hydroxylation is 1. The predicted octanol–water partition coefficient (Wildman–Crippen LogP) is 3.52. The van der Waals surface area contributed by atoms with Crippen molar-refractivity contribution in [3.8, 4) is 0 Å². The van der Waals surface area contributed by atoms with Crippen molar-refractivity contribution in [3.05, 3.63) is 66.5 Å². The second-order valence-corrected chi connectivity index (χ2v) is 6.34. The highest BCUT2D eigenvalue weighted by Gasteiger charge is 2.18. The Morgan fingerprint density at radius 1 is 1.22 bits per heavy atom. The van der Waals surface area contributed by atoms with Gasteiger partial charge in [0.15, 0.2) is 0 Å². The van der Waals surface area contributed by atoms with E-state index >= 15 is 0 Å². The molecular formula is C17H19N5S. The molecule has 1 aromatic carbocycles. The largest absolute Gasteiger partial charge is 0.355 e. The van der Waals surface area contributed by atoms with Crippen LogP contribution in [0.3, 0.4) is 0 Å². The number of benzene rings is 1. The Morgan fingerprint density at radius 2 is 2.04 bits per heavy atom. The van der Waals surface area contributed by atoms with Crippen LogP contribution in [0.4, 0.5) is 5.82 Å². The van der Waals surface area contributed by atoms with E-state index in [2.05, 4.69) is 39.3 Å². The average molecular weight is 325 g/mol. The van der Waals surface area contributed by atoms with Gasteiger partial charge in [-0.2, -0.15) is 0 Å². The molecule has 0 aliphatic heterocycles. The van der Waals surface area contributed by atoms with Gasteiger partial charge in [0, 0.05) is 19.4 Å². The maximum Gasteiger partial charge on any atom is 0.146 e. The Morgan fingerprint density at radius 3 is 2.74 bits per heavy atom. The summed E-state index contributed by atoms with van der Waals surface area (Å²) in [5, 5.41) is 4.39. The molecule has 0 radical (unpaired) electrons. The number of rotatable bonds is 6. The van der Waals surface area contributed by atoms with E-state index in [-0.39, 0.29) is 6.04 Å². The Kier molecular flexibility index (Phi) is 4.92. The molecule has 5 nitrogen and oxygen atoms in total.